The van der Waals surface area contributed by atoms with Crippen LogP contribution in [0.2, 0.25) is 5.02 Å². The normalized spacial score (nSPS) is 22.8. The van der Waals surface area contributed by atoms with Crippen LogP contribution in [0.4, 0.5) is 0 Å². The molecule has 1 aromatic heterocycles. The first kappa shape index (κ1) is 23.2. The highest BCUT2D eigenvalue weighted by Crippen LogP contribution is 2.49. The average molecular weight is 500 g/mol. The Hall–Kier alpha value is -3.18. The van der Waals surface area contributed by atoms with Gasteiger partial charge in [0, 0.05) is 49.5 Å². The summed E-state index contributed by atoms with van der Waals surface area (Å²) in [5.41, 5.74) is 4.23. The van der Waals surface area contributed by atoms with Gasteiger partial charge in [-0.15, -0.1) is 0 Å². The summed E-state index contributed by atoms with van der Waals surface area (Å²) >= 11 is 6.03. The third kappa shape index (κ3) is 4.41. The molecule has 0 radical (unpaired) electrons. The Balaban J connectivity index is 1.18. The number of hydrogen-bond donors (Lipinski definition) is 0. The summed E-state index contributed by atoms with van der Waals surface area (Å²) in [6, 6.07) is 20.2. The lowest BCUT2D eigenvalue weighted by atomic mass is 9.72. The molecule has 3 aromatic rings. The molecule has 184 valence electrons. The van der Waals surface area contributed by atoms with Crippen LogP contribution in [0.25, 0.3) is 0 Å². The number of piperidine rings is 1. The highest BCUT2D eigenvalue weighted by atomic mass is 35.5. The fourth-order valence-corrected chi connectivity index (χ4v) is 6.23. The molecule has 6 heteroatoms. The fourth-order valence-electron chi connectivity index (χ4n) is 6.10. The number of fused-ring (bicyclic) bond motifs is 1. The van der Waals surface area contributed by atoms with Crippen LogP contribution in [0, 0.1) is 11.3 Å². The van der Waals surface area contributed by atoms with Gasteiger partial charge in [-0.25, -0.2) is 0 Å². The zero-order chi connectivity index (χ0) is 24.7. The van der Waals surface area contributed by atoms with E-state index in [1.54, 1.807) is 6.20 Å². The Morgan fingerprint density at radius 2 is 1.75 bits per heavy atom. The first-order valence-corrected chi connectivity index (χ1v) is 13.2. The van der Waals surface area contributed by atoms with E-state index in [4.69, 9.17) is 11.6 Å². The summed E-state index contributed by atoms with van der Waals surface area (Å²) in [4.78, 5) is 35.6. The van der Waals surface area contributed by atoms with E-state index in [-0.39, 0.29) is 23.7 Å². The molecule has 36 heavy (non-hydrogen) atoms. The lowest BCUT2D eigenvalue weighted by Crippen LogP contribution is -2.51. The van der Waals surface area contributed by atoms with Crippen molar-refractivity contribution >= 4 is 23.4 Å². The molecule has 2 atom stereocenters. The Morgan fingerprint density at radius 1 is 1.00 bits per heavy atom. The van der Waals surface area contributed by atoms with Crippen LogP contribution in [-0.2, 0) is 29.1 Å². The first-order valence-electron chi connectivity index (χ1n) is 12.8. The van der Waals surface area contributed by atoms with Crippen molar-refractivity contribution in [1.29, 1.82) is 0 Å². The van der Waals surface area contributed by atoms with E-state index < -0.39 is 5.41 Å². The summed E-state index contributed by atoms with van der Waals surface area (Å²) in [6.07, 6.45) is 6.64. The summed E-state index contributed by atoms with van der Waals surface area (Å²) in [7, 11) is 0. The van der Waals surface area contributed by atoms with Crippen LogP contribution in [0.5, 0.6) is 0 Å². The smallest absolute Gasteiger partial charge is 0.229 e. The Morgan fingerprint density at radius 3 is 2.47 bits per heavy atom. The Bertz CT molecular complexity index is 1270. The number of halogens is 1. The number of pyridine rings is 1. The van der Waals surface area contributed by atoms with Crippen LogP contribution in [-0.4, -0.2) is 39.7 Å². The van der Waals surface area contributed by atoms with Crippen LogP contribution in [0.15, 0.2) is 73.1 Å². The molecule has 0 unspecified atom stereocenters. The second-order valence-corrected chi connectivity index (χ2v) is 11.0. The largest absolute Gasteiger partial charge is 0.342 e. The van der Waals surface area contributed by atoms with Gasteiger partial charge in [-0.1, -0.05) is 54.1 Å². The molecule has 2 aromatic carbocycles. The van der Waals surface area contributed by atoms with Crippen LogP contribution < -0.4 is 0 Å². The predicted molar refractivity (Wildman–Crippen MR) is 139 cm³/mol. The third-order valence-corrected chi connectivity index (χ3v) is 8.54. The van der Waals surface area contributed by atoms with Crippen molar-refractivity contribution in [2.45, 2.75) is 44.7 Å². The van der Waals surface area contributed by atoms with Crippen molar-refractivity contribution in [1.82, 2.24) is 14.8 Å². The van der Waals surface area contributed by atoms with Crippen LogP contribution in [0.1, 0.15) is 47.4 Å². The molecule has 1 spiro atoms. The van der Waals surface area contributed by atoms with Gasteiger partial charge in [-0.2, -0.15) is 0 Å². The monoisotopic (exact) mass is 499 g/mol. The number of aromatic nitrogens is 1. The molecular weight excluding hydrogens is 470 g/mol. The molecule has 3 heterocycles. The molecule has 2 aliphatic heterocycles. The van der Waals surface area contributed by atoms with Gasteiger partial charge in [0.25, 0.3) is 0 Å². The minimum atomic E-state index is -0.468. The van der Waals surface area contributed by atoms with Gasteiger partial charge in [0.05, 0.1) is 5.41 Å². The van der Waals surface area contributed by atoms with Gasteiger partial charge in [0.2, 0.25) is 11.8 Å². The quantitative estimate of drug-likeness (QED) is 0.493. The van der Waals surface area contributed by atoms with E-state index in [2.05, 4.69) is 29.2 Å². The zero-order valence-electron chi connectivity index (χ0n) is 20.3. The highest BCUT2D eigenvalue weighted by molar-refractivity contribution is 6.30. The molecule has 6 rings (SSSR count). The van der Waals surface area contributed by atoms with Gasteiger partial charge in [0.1, 0.15) is 0 Å². The van der Waals surface area contributed by atoms with Crippen molar-refractivity contribution in [3.05, 3.63) is 100 Å². The van der Waals surface area contributed by atoms with Crippen molar-refractivity contribution in [2.24, 2.45) is 11.3 Å². The molecule has 1 saturated heterocycles. The predicted octanol–water partition coefficient (Wildman–Crippen LogP) is 5.23. The van der Waals surface area contributed by atoms with Gasteiger partial charge in [0.15, 0.2) is 0 Å². The molecule has 0 bridgehead atoms. The van der Waals surface area contributed by atoms with Crippen molar-refractivity contribution in [3.63, 3.8) is 0 Å². The van der Waals surface area contributed by atoms with Crippen molar-refractivity contribution in [2.75, 3.05) is 13.1 Å². The molecule has 2 fully saturated rings. The molecular formula is C30H30ClN3O2. The van der Waals surface area contributed by atoms with E-state index in [1.807, 2.05) is 52.4 Å². The lowest BCUT2D eigenvalue weighted by Gasteiger charge is -2.42. The van der Waals surface area contributed by atoms with Gasteiger partial charge >= 0.3 is 0 Å². The molecule has 1 aliphatic carbocycles. The van der Waals surface area contributed by atoms with Gasteiger partial charge in [-0.05, 0) is 72.1 Å². The summed E-state index contributed by atoms with van der Waals surface area (Å²) in [6.45, 7) is 2.43. The number of hydrogen-bond acceptors (Lipinski definition) is 3. The van der Waals surface area contributed by atoms with Crippen molar-refractivity contribution in [3.8, 4) is 0 Å². The number of carbonyl (C=O) groups is 2. The molecule has 3 aliphatic rings. The topological polar surface area (TPSA) is 53.5 Å². The number of rotatable bonds is 4. The molecule has 1 saturated carbocycles. The first-order chi connectivity index (χ1) is 17.5. The fraction of sp³-hybridized carbons (Fsp3) is 0.367. The minimum Gasteiger partial charge on any atom is -0.342 e. The molecule has 2 amide bonds. The van der Waals surface area contributed by atoms with E-state index in [9.17, 15) is 9.59 Å². The second-order valence-electron chi connectivity index (χ2n) is 10.6. The molecule has 5 nitrogen and oxygen atoms in total. The molecule has 0 N–H and O–H groups in total. The number of nitrogens with zero attached hydrogens (tertiary/aromatic N) is 3. The summed E-state index contributed by atoms with van der Waals surface area (Å²) in [5, 5.41) is 0.718. The van der Waals surface area contributed by atoms with Gasteiger partial charge < -0.3 is 9.80 Å². The number of carbonyl (C=O) groups excluding carboxylic acids is 2. The average Bonchev–Trinajstić information content (AvgIpc) is 3.72. The number of amides is 2. The third-order valence-electron chi connectivity index (χ3n) is 8.28. The van der Waals surface area contributed by atoms with E-state index >= 15 is 0 Å². The number of likely N-dealkylation sites (tertiary alicyclic amines) is 1. The Kier molecular flexibility index (Phi) is 6.04. The second kappa shape index (κ2) is 9.36. The maximum Gasteiger partial charge on any atom is 0.229 e. The van der Waals surface area contributed by atoms with Crippen molar-refractivity contribution < 1.29 is 9.59 Å². The summed E-state index contributed by atoms with van der Waals surface area (Å²) in [5.74, 6) is 0.776. The lowest BCUT2D eigenvalue weighted by molar-refractivity contribution is -0.149. The number of benzene rings is 2. The Labute approximate surface area is 217 Å². The van der Waals surface area contributed by atoms with Crippen LogP contribution >= 0.6 is 11.6 Å². The van der Waals surface area contributed by atoms with E-state index in [1.165, 1.54) is 16.7 Å². The zero-order valence-corrected chi connectivity index (χ0v) is 21.0. The maximum atomic E-state index is 14.1. The van der Waals surface area contributed by atoms with Crippen LogP contribution in [0.3, 0.4) is 0 Å². The standard InChI is InChI=1S/C30H30ClN3O2/c31-25-9-7-22(8-10-25)26-16-27(26)28(35)33-14-11-30(12-15-33)17-23-5-1-2-6-24(23)20-34(29(30)36)19-21-4-3-13-32-18-21/h1-10,13,18,26-27H,11-12,14-17,19-20H2/t26-,27-/m0/s1. The summed E-state index contributed by atoms with van der Waals surface area (Å²) < 4.78 is 0. The highest BCUT2D eigenvalue weighted by Gasteiger charge is 2.50. The van der Waals surface area contributed by atoms with E-state index in [0.29, 0.717) is 39.0 Å². The maximum absolute atomic E-state index is 14.1. The SMILES string of the molecule is O=C([C@H]1C[C@H]1c1ccc(Cl)cc1)N1CCC2(CC1)Cc1ccccc1CN(Cc1cccnc1)C2=O. The van der Waals surface area contributed by atoms with Gasteiger partial charge in [-0.3, -0.25) is 14.6 Å². The van der Waals surface area contributed by atoms with E-state index in [0.717, 1.165) is 23.4 Å². The minimum absolute atomic E-state index is 0.0489.